The van der Waals surface area contributed by atoms with E-state index in [0.717, 1.165) is 17.8 Å². The van der Waals surface area contributed by atoms with Gasteiger partial charge in [-0.1, -0.05) is 6.07 Å². The van der Waals surface area contributed by atoms with E-state index in [9.17, 15) is 13.2 Å². The summed E-state index contributed by atoms with van der Waals surface area (Å²) >= 11 is 0. The second-order valence-corrected chi connectivity index (χ2v) is 5.38. The lowest BCUT2D eigenvalue weighted by Crippen LogP contribution is -2.10. The molecule has 0 fully saturated rings. The van der Waals surface area contributed by atoms with Crippen LogP contribution in [0.25, 0.3) is 0 Å². The van der Waals surface area contributed by atoms with Gasteiger partial charge in [-0.3, -0.25) is 0 Å². The van der Waals surface area contributed by atoms with Gasteiger partial charge in [0.15, 0.2) is 0 Å². The van der Waals surface area contributed by atoms with Crippen molar-refractivity contribution in [2.45, 2.75) is 19.8 Å². The molecule has 0 aliphatic heterocycles. The molecule has 8 heteroatoms. The molecule has 0 saturated carbocycles. The number of anilines is 1. The normalized spacial score (nSPS) is 12.0. The molecule has 1 aromatic heterocycles. The van der Waals surface area contributed by atoms with E-state index in [4.69, 9.17) is 10.3 Å². The first-order valence-electron chi connectivity index (χ1n) is 7.37. The van der Waals surface area contributed by atoms with Crippen molar-refractivity contribution in [1.82, 2.24) is 4.98 Å². The Morgan fingerprint density at radius 3 is 2.76 bits per heavy atom. The lowest BCUT2D eigenvalue weighted by Gasteiger charge is -2.13. The molecule has 1 aromatic carbocycles. The van der Waals surface area contributed by atoms with Gasteiger partial charge in [0.05, 0.1) is 5.56 Å². The average molecular weight is 350 g/mol. The number of aryl methyl sites for hydroxylation is 1. The van der Waals surface area contributed by atoms with Crippen LogP contribution in [0.15, 0.2) is 53.4 Å². The van der Waals surface area contributed by atoms with Crippen LogP contribution >= 0.6 is 0 Å². The number of hydrogen-bond acceptors (Lipinski definition) is 5. The van der Waals surface area contributed by atoms with Crippen LogP contribution in [-0.4, -0.2) is 11.6 Å². The zero-order valence-corrected chi connectivity index (χ0v) is 13.7. The Morgan fingerprint density at radius 1 is 1.36 bits per heavy atom. The maximum absolute atomic E-state index is 13.5. The van der Waals surface area contributed by atoms with Gasteiger partial charge in [0.1, 0.15) is 18.1 Å². The highest BCUT2D eigenvalue weighted by Crippen LogP contribution is 2.31. The summed E-state index contributed by atoms with van der Waals surface area (Å²) in [7, 11) is 0. The highest BCUT2D eigenvalue weighted by Gasteiger charge is 2.28. The molecule has 0 spiro atoms. The molecule has 0 amide bonds. The summed E-state index contributed by atoms with van der Waals surface area (Å²) in [5, 5.41) is 6.01. The minimum atomic E-state index is -3.30. The van der Waals surface area contributed by atoms with E-state index in [2.05, 4.69) is 15.4 Å². The van der Waals surface area contributed by atoms with Gasteiger partial charge in [-0.2, -0.15) is 5.11 Å². The van der Waals surface area contributed by atoms with E-state index in [-0.39, 0.29) is 18.0 Å². The van der Waals surface area contributed by atoms with Crippen molar-refractivity contribution in [3.63, 3.8) is 0 Å². The number of hydrogen-bond donors (Lipinski definition) is 2. The molecule has 0 atom stereocenters. The molecular formula is C17H17F3N4O. The number of benzene rings is 1. The third-order valence-electron chi connectivity index (χ3n) is 3.22. The zero-order valence-electron chi connectivity index (χ0n) is 13.7. The third-order valence-corrected chi connectivity index (χ3v) is 3.22. The van der Waals surface area contributed by atoms with Gasteiger partial charge < -0.3 is 10.1 Å². The predicted octanol–water partition coefficient (Wildman–Crippen LogP) is 5.00. The van der Waals surface area contributed by atoms with Crippen molar-refractivity contribution in [2.75, 3.05) is 11.9 Å². The van der Waals surface area contributed by atoms with E-state index >= 15 is 0 Å². The maximum Gasteiger partial charge on any atom is 0.273 e. The number of halogens is 3. The SMILES string of the molecule is Cc1cccc(OC/C(=C/Nc2ccc(F)c(C(C)(F)F)c2)N=N)n1. The molecule has 0 bridgehead atoms. The third kappa shape index (κ3) is 5.30. The van der Waals surface area contributed by atoms with Gasteiger partial charge in [0, 0.05) is 30.6 Å². The number of aromatic nitrogens is 1. The van der Waals surface area contributed by atoms with Crippen molar-refractivity contribution in [3.8, 4) is 5.88 Å². The summed E-state index contributed by atoms with van der Waals surface area (Å²) in [5.41, 5.74) is 7.66. The smallest absolute Gasteiger partial charge is 0.273 e. The lowest BCUT2D eigenvalue weighted by atomic mass is 10.1. The number of pyridine rings is 1. The summed E-state index contributed by atoms with van der Waals surface area (Å²) < 4.78 is 45.6. The molecule has 1 heterocycles. The first kappa shape index (κ1) is 18.4. The van der Waals surface area contributed by atoms with Gasteiger partial charge in [0.2, 0.25) is 5.88 Å². The van der Waals surface area contributed by atoms with Crippen LogP contribution in [0.1, 0.15) is 18.2 Å². The summed E-state index contributed by atoms with van der Waals surface area (Å²) in [5.74, 6) is -3.90. The van der Waals surface area contributed by atoms with Gasteiger partial charge in [0.25, 0.3) is 5.92 Å². The summed E-state index contributed by atoms with van der Waals surface area (Å²) in [6.45, 7) is 2.40. The number of ether oxygens (including phenoxy) is 1. The first-order valence-corrected chi connectivity index (χ1v) is 7.37. The molecule has 0 saturated heterocycles. The van der Waals surface area contributed by atoms with Crippen LogP contribution in [-0.2, 0) is 5.92 Å². The molecule has 132 valence electrons. The Morgan fingerprint density at radius 2 is 2.12 bits per heavy atom. The Bertz CT molecular complexity index is 788. The molecule has 0 aliphatic rings. The van der Waals surface area contributed by atoms with Crippen LogP contribution < -0.4 is 10.1 Å². The second-order valence-electron chi connectivity index (χ2n) is 5.38. The minimum Gasteiger partial charge on any atom is -0.471 e. The van der Waals surface area contributed by atoms with Crippen molar-refractivity contribution in [3.05, 3.63) is 65.4 Å². The van der Waals surface area contributed by atoms with E-state index in [1.807, 2.05) is 13.0 Å². The molecule has 2 N–H and O–H groups in total. The van der Waals surface area contributed by atoms with E-state index < -0.39 is 17.3 Å². The molecule has 2 aromatic rings. The fraction of sp³-hybridized carbons (Fsp3) is 0.235. The molecule has 0 aliphatic carbocycles. The first-order chi connectivity index (χ1) is 11.8. The fourth-order valence-corrected chi connectivity index (χ4v) is 1.97. The molecule has 25 heavy (non-hydrogen) atoms. The molecular weight excluding hydrogens is 333 g/mol. The standard InChI is InChI=1S/C17H17F3N4O/c1-11-4-3-5-16(23-11)25-10-13(24-21)9-22-12-6-7-15(18)14(8-12)17(2,19)20/h3-9,21-22H,10H2,1-2H3/b13-9-,24-21?. The van der Waals surface area contributed by atoms with Crippen LogP contribution in [0.3, 0.4) is 0 Å². The van der Waals surface area contributed by atoms with Gasteiger partial charge in [-0.05, 0) is 31.2 Å². The van der Waals surface area contributed by atoms with Gasteiger partial charge in [-0.25, -0.2) is 23.7 Å². The number of nitrogens with one attached hydrogen (secondary N) is 2. The van der Waals surface area contributed by atoms with Crippen LogP contribution in [0.2, 0.25) is 0 Å². The molecule has 5 nitrogen and oxygen atoms in total. The zero-order chi connectivity index (χ0) is 18.4. The van der Waals surface area contributed by atoms with Crippen LogP contribution in [0.4, 0.5) is 18.9 Å². The Kier molecular flexibility index (Phi) is 5.74. The predicted molar refractivity (Wildman–Crippen MR) is 87.3 cm³/mol. The fourth-order valence-electron chi connectivity index (χ4n) is 1.97. The minimum absolute atomic E-state index is 0.0368. The monoisotopic (exact) mass is 350 g/mol. The lowest BCUT2D eigenvalue weighted by molar-refractivity contribution is 0.0138. The van der Waals surface area contributed by atoms with E-state index in [1.54, 1.807) is 12.1 Å². The molecule has 2 rings (SSSR count). The Labute approximate surface area is 143 Å². The summed E-state index contributed by atoms with van der Waals surface area (Å²) in [4.78, 5) is 4.15. The Hall–Kier alpha value is -2.90. The molecule has 0 unspecified atom stereocenters. The summed E-state index contributed by atoms with van der Waals surface area (Å²) in [6, 6.07) is 8.53. The Balaban J connectivity index is 2.07. The number of alkyl halides is 2. The second kappa shape index (κ2) is 7.78. The average Bonchev–Trinajstić information content (AvgIpc) is 2.55. The van der Waals surface area contributed by atoms with Gasteiger partial charge >= 0.3 is 0 Å². The number of rotatable bonds is 7. The topological polar surface area (TPSA) is 70.4 Å². The highest BCUT2D eigenvalue weighted by molar-refractivity contribution is 5.49. The highest BCUT2D eigenvalue weighted by atomic mass is 19.3. The van der Waals surface area contributed by atoms with Crippen molar-refractivity contribution in [1.29, 1.82) is 5.53 Å². The molecule has 0 radical (unpaired) electrons. The largest absolute Gasteiger partial charge is 0.471 e. The van der Waals surface area contributed by atoms with E-state index in [1.165, 1.54) is 12.3 Å². The number of nitrogens with zero attached hydrogens (tertiary/aromatic N) is 2. The van der Waals surface area contributed by atoms with Crippen molar-refractivity contribution < 1.29 is 17.9 Å². The van der Waals surface area contributed by atoms with Crippen molar-refractivity contribution in [2.24, 2.45) is 5.11 Å². The van der Waals surface area contributed by atoms with Crippen LogP contribution in [0.5, 0.6) is 5.88 Å². The van der Waals surface area contributed by atoms with Crippen molar-refractivity contribution >= 4 is 5.69 Å². The summed E-state index contributed by atoms with van der Waals surface area (Å²) in [6.07, 6.45) is 1.33. The quantitative estimate of drug-likeness (QED) is 0.690. The van der Waals surface area contributed by atoms with Gasteiger partial charge in [-0.15, -0.1) is 0 Å². The van der Waals surface area contributed by atoms with Crippen LogP contribution in [0, 0.1) is 18.3 Å². The maximum atomic E-state index is 13.5. The van der Waals surface area contributed by atoms with E-state index in [0.29, 0.717) is 12.8 Å².